The van der Waals surface area contributed by atoms with Gasteiger partial charge in [0.15, 0.2) is 0 Å². The topological polar surface area (TPSA) is 68.2 Å². The van der Waals surface area contributed by atoms with E-state index in [0.29, 0.717) is 28.9 Å². The molecule has 3 fully saturated rings. The Morgan fingerprint density at radius 1 is 1.04 bits per heavy atom. The van der Waals surface area contributed by atoms with Crippen LogP contribution in [0.4, 0.5) is 0 Å². The van der Waals surface area contributed by atoms with Crippen molar-refractivity contribution in [3.63, 3.8) is 0 Å². The Morgan fingerprint density at radius 2 is 1.63 bits per heavy atom. The second kappa shape index (κ2) is 5.92. The molecule has 1 aromatic rings. The fourth-order valence-electron chi connectivity index (χ4n) is 5.16. The Hall–Kier alpha value is -2.15. The van der Waals surface area contributed by atoms with Gasteiger partial charge in [0, 0.05) is 11.6 Å². The summed E-state index contributed by atoms with van der Waals surface area (Å²) in [5.74, 6) is 1.94. The molecule has 0 N–H and O–H groups in total. The Kier molecular flexibility index (Phi) is 3.73. The maximum atomic E-state index is 12.9. The van der Waals surface area contributed by atoms with Crippen molar-refractivity contribution in [3.05, 3.63) is 34.3 Å². The molecule has 4 aliphatic carbocycles. The Bertz CT molecular complexity index is 875. The van der Waals surface area contributed by atoms with Crippen molar-refractivity contribution in [1.29, 1.82) is 0 Å². The van der Waals surface area contributed by atoms with Gasteiger partial charge in [0.05, 0.1) is 36.7 Å². The number of methoxy groups -OCH3 is 2. The van der Waals surface area contributed by atoms with Crippen LogP contribution in [0.15, 0.2) is 33.9 Å². The van der Waals surface area contributed by atoms with Crippen molar-refractivity contribution in [1.82, 2.24) is 5.01 Å². The van der Waals surface area contributed by atoms with Crippen molar-refractivity contribution in [2.75, 3.05) is 14.2 Å². The van der Waals surface area contributed by atoms with E-state index in [4.69, 9.17) is 9.47 Å². The zero-order valence-corrected chi connectivity index (χ0v) is 16.5. The number of hydrogen-bond donors (Lipinski definition) is 0. The van der Waals surface area contributed by atoms with Crippen LogP contribution in [0.5, 0.6) is 11.5 Å². The molecule has 7 heteroatoms. The first-order valence-electron chi connectivity index (χ1n) is 9.06. The number of amides is 2. The molecule has 1 saturated heterocycles. The molecule has 0 radical (unpaired) electrons. The summed E-state index contributed by atoms with van der Waals surface area (Å²) < 4.78 is 11.4. The van der Waals surface area contributed by atoms with Crippen LogP contribution in [-0.4, -0.2) is 37.3 Å². The summed E-state index contributed by atoms with van der Waals surface area (Å²) in [6, 6.07) is 3.52. The van der Waals surface area contributed by atoms with Crippen molar-refractivity contribution in [3.8, 4) is 11.5 Å². The molecule has 1 aliphatic heterocycles. The molecule has 1 aromatic carbocycles. The SMILES string of the molecule is COc1cc(OC)c(/C=N\N2C(=O)[C@@H]3[C@@H]4C=C[C@H]([C@@H]5C[C@H]45)[C@@H]3C2=O)cc1Br. The highest BCUT2D eigenvalue weighted by Gasteiger charge is 2.67. The summed E-state index contributed by atoms with van der Waals surface area (Å²) >= 11 is 3.44. The summed E-state index contributed by atoms with van der Waals surface area (Å²) in [6.07, 6.45) is 6.96. The van der Waals surface area contributed by atoms with Crippen LogP contribution in [-0.2, 0) is 9.59 Å². The second-order valence-electron chi connectivity index (χ2n) is 7.62. The normalized spacial score (nSPS) is 35.6. The number of carbonyl (C=O) groups is 2. The zero-order valence-electron chi connectivity index (χ0n) is 15.0. The van der Waals surface area contributed by atoms with Gasteiger partial charge in [-0.3, -0.25) is 9.59 Å². The average Bonchev–Trinajstić information content (AvgIpc) is 3.45. The molecule has 140 valence electrons. The Morgan fingerprint density at radius 3 is 2.19 bits per heavy atom. The lowest BCUT2D eigenvalue weighted by molar-refractivity contribution is -0.140. The second-order valence-corrected chi connectivity index (χ2v) is 8.47. The minimum atomic E-state index is -0.238. The number of hydrazone groups is 1. The van der Waals surface area contributed by atoms with Crippen molar-refractivity contribution < 1.29 is 19.1 Å². The van der Waals surface area contributed by atoms with Crippen molar-refractivity contribution >= 4 is 34.0 Å². The summed E-state index contributed by atoms with van der Waals surface area (Å²) in [5.41, 5.74) is 0.657. The molecule has 27 heavy (non-hydrogen) atoms. The highest BCUT2D eigenvalue weighted by Crippen LogP contribution is 2.65. The van der Waals surface area contributed by atoms with Crippen LogP contribution in [0.25, 0.3) is 0 Å². The van der Waals surface area contributed by atoms with Gasteiger partial charge < -0.3 is 9.47 Å². The molecule has 2 amide bonds. The van der Waals surface area contributed by atoms with E-state index in [2.05, 4.69) is 33.2 Å². The van der Waals surface area contributed by atoms with E-state index in [0.717, 1.165) is 15.9 Å². The molecule has 2 bridgehead atoms. The van der Waals surface area contributed by atoms with Gasteiger partial charge in [-0.1, -0.05) is 12.2 Å². The third kappa shape index (κ3) is 2.33. The first kappa shape index (κ1) is 17.0. The number of benzene rings is 1. The fourth-order valence-corrected chi connectivity index (χ4v) is 5.68. The van der Waals surface area contributed by atoms with Crippen LogP contribution < -0.4 is 9.47 Å². The third-order valence-corrected chi connectivity index (χ3v) is 7.08. The average molecular weight is 431 g/mol. The first-order valence-corrected chi connectivity index (χ1v) is 9.86. The lowest BCUT2D eigenvalue weighted by Gasteiger charge is -2.37. The van der Waals surface area contributed by atoms with Crippen LogP contribution in [0.2, 0.25) is 0 Å². The number of halogens is 1. The van der Waals surface area contributed by atoms with Crippen LogP contribution in [0.1, 0.15) is 12.0 Å². The van der Waals surface area contributed by atoms with E-state index < -0.39 is 0 Å². The molecular weight excluding hydrogens is 412 g/mol. The number of allylic oxidation sites excluding steroid dienone is 2. The third-order valence-electron chi connectivity index (χ3n) is 6.46. The van der Waals surface area contributed by atoms with Gasteiger partial charge in [-0.25, -0.2) is 0 Å². The van der Waals surface area contributed by atoms with Crippen molar-refractivity contribution in [2.45, 2.75) is 6.42 Å². The fraction of sp³-hybridized carbons (Fsp3) is 0.450. The number of imide groups is 1. The highest BCUT2D eigenvalue weighted by atomic mass is 79.9. The standard InChI is InChI=1S/C20H19BrN2O4/c1-26-15-7-16(27-2)14(21)5-9(15)8-22-23-19(24)17-10-3-4-11(13-6-12(10)13)18(17)20(23)25/h3-5,7-8,10-13,17-18H,6H2,1-2H3/b22-8-/t10-,11-,12-,13+,17-,18+/m1/s1. The van der Waals surface area contributed by atoms with E-state index in [9.17, 15) is 9.59 Å². The molecule has 2 saturated carbocycles. The number of nitrogens with zero attached hydrogens (tertiary/aromatic N) is 2. The summed E-state index contributed by atoms with van der Waals surface area (Å²) in [6.45, 7) is 0. The van der Waals surface area contributed by atoms with E-state index in [1.807, 2.05) is 0 Å². The molecule has 5 aliphatic rings. The van der Waals surface area contributed by atoms with Gasteiger partial charge >= 0.3 is 0 Å². The monoisotopic (exact) mass is 430 g/mol. The summed E-state index contributed by atoms with van der Waals surface area (Å²) in [5, 5.41) is 5.34. The van der Waals surface area contributed by atoms with Gasteiger partial charge in [-0.15, -0.1) is 0 Å². The molecule has 6 atom stereocenters. The Balaban J connectivity index is 1.45. The largest absolute Gasteiger partial charge is 0.496 e. The maximum Gasteiger partial charge on any atom is 0.254 e. The number of hydrogen-bond acceptors (Lipinski definition) is 5. The molecule has 0 spiro atoms. The van der Waals surface area contributed by atoms with E-state index >= 15 is 0 Å². The van der Waals surface area contributed by atoms with Gasteiger partial charge in [0.25, 0.3) is 11.8 Å². The smallest absolute Gasteiger partial charge is 0.254 e. The molecule has 6 nitrogen and oxygen atoms in total. The first-order chi connectivity index (χ1) is 13.0. The lowest BCUT2D eigenvalue weighted by atomic mass is 9.63. The predicted octanol–water partition coefficient (Wildman–Crippen LogP) is 2.85. The van der Waals surface area contributed by atoms with Crippen LogP contribution >= 0.6 is 15.9 Å². The minimum Gasteiger partial charge on any atom is -0.496 e. The summed E-state index contributed by atoms with van der Waals surface area (Å²) in [7, 11) is 3.12. The van der Waals surface area contributed by atoms with Crippen molar-refractivity contribution in [2.24, 2.45) is 40.6 Å². The molecule has 0 unspecified atom stereocenters. The highest BCUT2D eigenvalue weighted by molar-refractivity contribution is 9.10. The molecule has 1 heterocycles. The summed E-state index contributed by atoms with van der Waals surface area (Å²) in [4.78, 5) is 25.9. The number of rotatable bonds is 4. The van der Waals surface area contributed by atoms with Crippen LogP contribution in [0, 0.1) is 35.5 Å². The van der Waals surface area contributed by atoms with Gasteiger partial charge in [0.2, 0.25) is 0 Å². The Labute approximate surface area is 165 Å². The molecule has 6 rings (SSSR count). The molecule has 0 aromatic heterocycles. The van der Waals surface area contributed by atoms with E-state index in [1.54, 1.807) is 26.4 Å². The van der Waals surface area contributed by atoms with Gasteiger partial charge in [-0.2, -0.15) is 10.1 Å². The quantitative estimate of drug-likeness (QED) is 0.418. The number of ether oxygens (including phenoxy) is 2. The maximum absolute atomic E-state index is 12.9. The minimum absolute atomic E-state index is 0.169. The zero-order chi connectivity index (χ0) is 18.9. The van der Waals surface area contributed by atoms with Gasteiger partial charge in [-0.05, 0) is 52.1 Å². The van der Waals surface area contributed by atoms with E-state index in [-0.39, 0.29) is 35.5 Å². The predicted molar refractivity (Wildman–Crippen MR) is 101 cm³/mol. The number of carbonyl (C=O) groups excluding carboxylic acids is 2. The van der Waals surface area contributed by atoms with Gasteiger partial charge in [0.1, 0.15) is 11.5 Å². The van der Waals surface area contributed by atoms with E-state index in [1.165, 1.54) is 6.21 Å². The molecular formula is C20H19BrN2O4. The van der Waals surface area contributed by atoms with Crippen LogP contribution in [0.3, 0.4) is 0 Å². The lowest BCUT2D eigenvalue weighted by Crippen LogP contribution is -2.40.